The van der Waals surface area contributed by atoms with Gasteiger partial charge in [-0.3, -0.25) is 4.79 Å². The molecule has 0 aromatic heterocycles. The van der Waals surface area contributed by atoms with Gasteiger partial charge in [-0.05, 0) is 11.1 Å². The van der Waals surface area contributed by atoms with Crippen molar-refractivity contribution in [3.8, 4) is 0 Å². The fourth-order valence-corrected chi connectivity index (χ4v) is 1.06. The van der Waals surface area contributed by atoms with E-state index in [1.165, 1.54) is 0 Å². The molecule has 3 nitrogen and oxygen atoms in total. The maximum atomic E-state index is 10.3. The predicted molar refractivity (Wildman–Crippen MR) is 70.2 cm³/mol. The van der Waals surface area contributed by atoms with Gasteiger partial charge in [0.25, 0.3) is 0 Å². The fourth-order valence-electron chi connectivity index (χ4n) is 1.06. The minimum Gasteiger partial charge on any atom is -0.481 e. The van der Waals surface area contributed by atoms with Crippen molar-refractivity contribution in [2.24, 2.45) is 0 Å². The Morgan fingerprint density at radius 2 is 1.47 bits per heavy atom. The van der Waals surface area contributed by atoms with Crippen molar-refractivity contribution in [3.05, 3.63) is 35.4 Å². The molecule has 17 heavy (non-hydrogen) atoms. The number of rotatable bonds is 4. The van der Waals surface area contributed by atoms with Crippen LogP contribution in [0.4, 0.5) is 0 Å². The summed E-state index contributed by atoms with van der Waals surface area (Å²) < 4.78 is 0. The maximum Gasteiger partial charge on any atom is 0.307 e. The third-order valence-corrected chi connectivity index (χ3v) is 1.70. The van der Waals surface area contributed by atoms with Crippen LogP contribution in [0, 0.1) is 0 Å². The molecule has 0 radical (unpaired) electrons. The maximum absolute atomic E-state index is 10.3. The third-order valence-electron chi connectivity index (χ3n) is 1.70. The standard InChI is InChI=1S/C10H10O3.2C2H6/c11-6-5-8-1-3-9(4-2-8)7-10(12)13;2*1-2/h1-4,6H,5,7H2,(H,12,13);2*1-2H3. The van der Waals surface area contributed by atoms with Crippen LogP contribution in [0.15, 0.2) is 24.3 Å². The number of carboxylic acid groups (broad SMARTS) is 1. The number of carbonyl (C=O) groups is 2. The van der Waals surface area contributed by atoms with Gasteiger partial charge in [-0.25, -0.2) is 0 Å². The number of benzene rings is 1. The van der Waals surface area contributed by atoms with Gasteiger partial charge in [0.15, 0.2) is 0 Å². The molecule has 0 aliphatic rings. The SMILES string of the molecule is CC.CC.O=CCc1ccc(CC(=O)O)cc1. The summed E-state index contributed by atoms with van der Waals surface area (Å²) in [5.41, 5.74) is 1.66. The van der Waals surface area contributed by atoms with E-state index in [0.29, 0.717) is 6.42 Å². The highest BCUT2D eigenvalue weighted by Gasteiger charge is 1.99. The minimum atomic E-state index is -0.844. The van der Waals surface area contributed by atoms with E-state index in [9.17, 15) is 9.59 Å². The van der Waals surface area contributed by atoms with Crippen LogP contribution in [-0.2, 0) is 22.4 Å². The Balaban J connectivity index is 0. The predicted octanol–water partition coefficient (Wildman–Crippen LogP) is 3.11. The summed E-state index contributed by atoms with van der Waals surface area (Å²) in [6.45, 7) is 8.00. The van der Waals surface area contributed by atoms with Crippen LogP contribution in [0.3, 0.4) is 0 Å². The summed E-state index contributed by atoms with van der Waals surface area (Å²) in [6, 6.07) is 7.00. The Morgan fingerprint density at radius 1 is 1.06 bits per heavy atom. The largest absolute Gasteiger partial charge is 0.481 e. The molecule has 1 rings (SSSR count). The summed E-state index contributed by atoms with van der Waals surface area (Å²) in [5.74, 6) is -0.844. The van der Waals surface area contributed by atoms with Crippen LogP contribution in [0.2, 0.25) is 0 Å². The molecular formula is C14H22O3. The van der Waals surface area contributed by atoms with Crippen LogP contribution in [0.1, 0.15) is 38.8 Å². The molecule has 0 spiro atoms. The van der Waals surface area contributed by atoms with Gasteiger partial charge >= 0.3 is 5.97 Å². The number of hydrogen-bond donors (Lipinski definition) is 1. The van der Waals surface area contributed by atoms with Crippen molar-refractivity contribution in [1.82, 2.24) is 0 Å². The highest BCUT2D eigenvalue weighted by atomic mass is 16.4. The fraction of sp³-hybridized carbons (Fsp3) is 0.429. The van der Waals surface area contributed by atoms with Crippen LogP contribution in [-0.4, -0.2) is 17.4 Å². The Kier molecular flexibility index (Phi) is 13.0. The van der Waals surface area contributed by atoms with Gasteiger partial charge in [0.1, 0.15) is 6.29 Å². The second-order valence-corrected chi connectivity index (χ2v) is 2.76. The molecule has 0 aliphatic carbocycles. The summed E-state index contributed by atoms with van der Waals surface area (Å²) in [7, 11) is 0. The van der Waals surface area contributed by atoms with Crippen molar-refractivity contribution >= 4 is 12.3 Å². The average molecular weight is 238 g/mol. The van der Waals surface area contributed by atoms with Crippen molar-refractivity contribution in [2.75, 3.05) is 0 Å². The second kappa shape index (κ2) is 12.4. The summed E-state index contributed by atoms with van der Waals surface area (Å²) in [5, 5.41) is 8.48. The molecule has 1 aromatic carbocycles. The summed E-state index contributed by atoms with van der Waals surface area (Å²) >= 11 is 0. The number of hydrogen-bond acceptors (Lipinski definition) is 2. The zero-order chi connectivity index (χ0) is 13.7. The number of aldehydes is 1. The first-order valence-electron chi connectivity index (χ1n) is 5.95. The van der Waals surface area contributed by atoms with E-state index in [1.807, 2.05) is 27.7 Å². The van der Waals surface area contributed by atoms with Gasteiger partial charge in [-0.15, -0.1) is 0 Å². The smallest absolute Gasteiger partial charge is 0.307 e. The lowest BCUT2D eigenvalue weighted by Crippen LogP contribution is -1.99. The van der Waals surface area contributed by atoms with E-state index in [0.717, 1.165) is 17.4 Å². The van der Waals surface area contributed by atoms with Gasteiger partial charge in [-0.2, -0.15) is 0 Å². The highest BCUT2D eigenvalue weighted by molar-refractivity contribution is 5.70. The van der Waals surface area contributed by atoms with Crippen LogP contribution in [0.25, 0.3) is 0 Å². The minimum absolute atomic E-state index is 0.0291. The quantitative estimate of drug-likeness (QED) is 0.820. The van der Waals surface area contributed by atoms with Crippen molar-refractivity contribution < 1.29 is 14.7 Å². The molecule has 0 atom stereocenters. The zero-order valence-corrected chi connectivity index (χ0v) is 11.1. The number of carboxylic acids is 1. The molecule has 96 valence electrons. The van der Waals surface area contributed by atoms with Gasteiger partial charge in [-0.1, -0.05) is 52.0 Å². The van der Waals surface area contributed by atoms with Crippen molar-refractivity contribution in [2.45, 2.75) is 40.5 Å². The lowest BCUT2D eigenvalue weighted by atomic mass is 10.1. The molecular weight excluding hydrogens is 216 g/mol. The Labute approximate surface area is 103 Å². The molecule has 0 heterocycles. The average Bonchev–Trinajstić information content (AvgIpc) is 2.36. The highest BCUT2D eigenvalue weighted by Crippen LogP contribution is 2.04. The van der Waals surface area contributed by atoms with Gasteiger partial charge < -0.3 is 9.90 Å². The van der Waals surface area contributed by atoms with Crippen LogP contribution in [0.5, 0.6) is 0 Å². The van der Waals surface area contributed by atoms with Gasteiger partial charge in [0.05, 0.1) is 6.42 Å². The Hall–Kier alpha value is -1.64. The summed E-state index contributed by atoms with van der Waals surface area (Å²) in [4.78, 5) is 20.5. The molecule has 0 saturated heterocycles. The Morgan fingerprint density at radius 3 is 1.82 bits per heavy atom. The lowest BCUT2D eigenvalue weighted by molar-refractivity contribution is -0.136. The van der Waals surface area contributed by atoms with Crippen LogP contribution < -0.4 is 0 Å². The molecule has 1 N–H and O–H groups in total. The van der Waals surface area contributed by atoms with E-state index in [-0.39, 0.29) is 6.42 Å². The first-order chi connectivity index (χ1) is 8.22. The number of aliphatic carboxylic acids is 1. The molecule has 0 saturated carbocycles. The van der Waals surface area contributed by atoms with E-state index in [2.05, 4.69) is 0 Å². The first-order valence-corrected chi connectivity index (χ1v) is 5.95. The molecule has 1 aromatic rings. The van der Waals surface area contributed by atoms with E-state index in [4.69, 9.17) is 5.11 Å². The van der Waals surface area contributed by atoms with Gasteiger partial charge in [0, 0.05) is 6.42 Å². The van der Waals surface area contributed by atoms with E-state index in [1.54, 1.807) is 24.3 Å². The third kappa shape index (κ3) is 9.30. The normalized spacial score (nSPS) is 8.00. The first kappa shape index (κ1) is 17.7. The molecule has 0 fully saturated rings. The molecule has 3 heteroatoms. The van der Waals surface area contributed by atoms with E-state index < -0.39 is 5.97 Å². The Bertz CT molecular complexity index is 302. The molecule has 0 unspecified atom stereocenters. The number of carbonyl (C=O) groups excluding carboxylic acids is 1. The topological polar surface area (TPSA) is 54.4 Å². The van der Waals surface area contributed by atoms with Crippen molar-refractivity contribution in [3.63, 3.8) is 0 Å². The molecule has 0 aliphatic heterocycles. The van der Waals surface area contributed by atoms with Gasteiger partial charge in [0.2, 0.25) is 0 Å². The summed E-state index contributed by atoms with van der Waals surface area (Å²) in [6.07, 6.45) is 1.24. The van der Waals surface area contributed by atoms with E-state index >= 15 is 0 Å². The van der Waals surface area contributed by atoms with Crippen molar-refractivity contribution in [1.29, 1.82) is 0 Å². The molecule has 0 bridgehead atoms. The monoisotopic (exact) mass is 238 g/mol. The van der Waals surface area contributed by atoms with Crippen LogP contribution >= 0.6 is 0 Å². The second-order valence-electron chi connectivity index (χ2n) is 2.76. The lowest BCUT2D eigenvalue weighted by Gasteiger charge is -1.98. The molecule has 0 amide bonds. The zero-order valence-electron chi connectivity index (χ0n) is 11.1.